The lowest BCUT2D eigenvalue weighted by Gasteiger charge is -2.30. The van der Waals surface area contributed by atoms with Crippen molar-refractivity contribution in [3.63, 3.8) is 0 Å². The third-order valence-corrected chi connectivity index (χ3v) is 4.16. The Kier molecular flexibility index (Phi) is 2.51. The minimum absolute atomic E-state index is 0.604. The van der Waals surface area contributed by atoms with E-state index in [4.69, 9.17) is 12.2 Å². The maximum absolute atomic E-state index is 10.4. The minimum Gasteiger partial charge on any atom is -0.366 e. The number of benzene rings is 1. The summed E-state index contributed by atoms with van der Waals surface area (Å²) in [5.74, 6) is 0.604. The fraction of sp³-hybridized carbons (Fsp3) is 0.300. The van der Waals surface area contributed by atoms with Crippen LogP contribution in [0.4, 0.5) is 0 Å². The Bertz CT molecular complexity index is 354. The predicted molar refractivity (Wildman–Crippen MR) is 63.2 cm³/mol. The standard InChI is InChI=1S/C10H11NOS2/c1-11-9(13)14-7-10(11,12)8-5-3-2-4-6-8/h2-6,12H,7H2,1H3. The van der Waals surface area contributed by atoms with Gasteiger partial charge < -0.3 is 10.0 Å². The van der Waals surface area contributed by atoms with Gasteiger partial charge >= 0.3 is 0 Å². The van der Waals surface area contributed by atoms with Gasteiger partial charge in [-0.15, -0.1) is 0 Å². The largest absolute Gasteiger partial charge is 0.366 e. The van der Waals surface area contributed by atoms with Crippen molar-refractivity contribution in [2.75, 3.05) is 12.8 Å². The summed E-state index contributed by atoms with van der Waals surface area (Å²) in [4.78, 5) is 1.75. The number of rotatable bonds is 1. The molecule has 2 rings (SSSR count). The van der Waals surface area contributed by atoms with E-state index < -0.39 is 5.72 Å². The van der Waals surface area contributed by atoms with Gasteiger partial charge in [0.05, 0.1) is 5.75 Å². The van der Waals surface area contributed by atoms with Crippen molar-refractivity contribution in [3.8, 4) is 0 Å². The van der Waals surface area contributed by atoms with Crippen LogP contribution in [0.1, 0.15) is 5.56 Å². The summed E-state index contributed by atoms with van der Waals surface area (Å²) in [7, 11) is 1.83. The zero-order chi connectivity index (χ0) is 10.2. The van der Waals surface area contributed by atoms with Crippen LogP contribution in [-0.4, -0.2) is 27.1 Å². The van der Waals surface area contributed by atoms with E-state index in [2.05, 4.69) is 0 Å². The molecule has 0 amide bonds. The van der Waals surface area contributed by atoms with Crippen molar-refractivity contribution < 1.29 is 5.11 Å². The number of thiocarbonyl (C=S) groups is 1. The average molecular weight is 225 g/mol. The van der Waals surface area contributed by atoms with Gasteiger partial charge in [-0.3, -0.25) is 0 Å². The number of hydrogen-bond acceptors (Lipinski definition) is 3. The second-order valence-electron chi connectivity index (χ2n) is 3.30. The molecule has 0 saturated carbocycles. The number of thioether (sulfide) groups is 1. The molecule has 74 valence electrons. The first-order chi connectivity index (χ1) is 6.64. The Morgan fingerprint density at radius 2 is 2.07 bits per heavy atom. The Labute approximate surface area is 92.9 Å². The molecule has 0 spiro atoms. The van der Waals surface area contributed by atoms with Gasteiger partial charge in [-0.05, 0) is 0 Å². The molecule has 1 aromatic rings. The quantitative estimate of drug-likeness (QED) is 0.736. The monoisotopic (exact) mass is 225 g/mol. The molecular formula is C10H11NOS2. The molecule has 14 heavy (non-hydrogen) atoms. The normalized spacial score (nSPS) is 27.0. The molecule has 1 aliphatic heterocycles. The first-order valence-electron chi connectivity index (χ1n) is 4.33. The first-order valence-corrected chi connectivity index (χ1v) is 5.72. The van der Waals surface area contributed by atoms with Crippen LogP contribution in [0.2, 0.25) is 0 Å². The van der Waals surface area contributed by atoms with Crippen molar-refractivity contribution in [1.29, 1.82) is 0 Å². The van der Waals surface area contributed by atoms with Gasteiger partial charge in [-0.25, -0.2) is 0 Å². The molecule has 0 bridgehead atoms. The van der Waals surface area contributed by atoms with Crippen molar-refractivity contribution in [3.05, 3.63) is 35.9 Å². The maximum Gasteiger partial charge on any atom is 0.174 e. The maximum atomic E-state index is 10.4. The Morgan fingerprint density at radius 1 is 1.43 bits per heavy atom. The van der Waals surface area contributed by atoms with E-state index in [1.807, 2.05) is 37.4 Å². The van der Waals surface area contributed by atoms with Gasteiger partial charge in [0.2, 0.25) is 0 Å². The average Bonchev–Trinajstić information content (AvgIpc) is 2.49. The van der Waals surface area contributed by atoms with Crippen LogP contribution >= 0.6 is 24.0 Å². The summed E-state index contributed by atoms with van der Waals surface area (Å²) in [6, 6.07) is 9.63. The van der Waals surface area contributed by atoms with Crippen LogP contribution in [0.25, 0.3) is 0 Å². The molecular weight excluding hydrogens is 214 g/mol. The molecule has 1 aliphatic rings. The van der Waals surface area contributed by atoms with E-state index in [1.54, 1.807) is 4.90 Å². The van der Waals surface area contributed by atoms with Crippen LogP contribution in [0.5, 0.6) is 0 Å². The zero-order valence-corrected chi connectivity index (χ0v) is 9.44. The summed E-state index contributed by atoms with van der Waals surface area (Å²) in [6.45, 7) is 0. The first kappa shape index (κ1) is 9.96. The summed E-state index contributed by atoms with van der Waals surface area (Å²) in [5.41, 5.74) is -0.0296. The summed E-state index contributed by atoms with van der Waals surface area (Å²) in [5, 5.41) is 10.4. The van der Waals surface area contributed by atoms with Crippen LogP contribution < -0.4 is 0 Å². The summed E-state index contributed by atoms with van der Waals surface area (Å²) in [6.07, 6.45) is 0. The van der Waals surface area contributed by atoms with E-state index >= 15 is 0 Å². The molecule has 1 N–H and O–H groups in total. The molecule has 4 heteroatoms. The SMILES string of the molecule is CN1C(=S)SCC1(O)c1ccccc1. The number of hydrogen-bond donors (Lipinski definition) is 1. The Hall–Kier alpha value is -0.580. The summed E-state index contributed by atoms with van der Waals surface area (Å²) < 4.78 is 0.747. The smallest absolute Gasteiger partial charge is 0.174 e. The molecule has 2 nitrogen and oxygen atoms in total. The topological polar surface area (TPSA) is 23.5 Å². The third kappa shape index (κ3) is 1.43. The predicted octanol–water partition coefficient (Wildman–Crippen LogP) is 1.80. The van der Waals surface area contributed by atoms with E-state index in [0.29, 0.717) is 5.75 Å². The Morgan fingerprint density at radius 3 is 2.57 bits per heavy atom. The second kappa shape index (κ2) is 3.53. The van der Waals surface area contributed by atoms with Gasteiger partial charge in [-0.1, -0.05) is 54.3 Å². The molecule has 1 atom stereocenters. The van der Waals surface area contributed by atoms with Gasteiger partial charge in [0.15, 0.2) is 5.72 Å². The van der Waals surface area contributed by atoms with Crippen molar-refractivity contribution in [1.82, 2.24) is 4.90 Å². The lowest BCUT2D eigenvalue weighted by atomic mass is 10.0. The third-order valence-electron chi connectivity index (χ3n) is 2.46. The van der Waals surface area contributed by atoms with Crippen molar-refractivity contribution >= 4 is 28.3 Å². The molecule has 1 saturated heterocycles. The van der Waals surface area contributed by atoms with E-state index in [0.717, 1.165) is 9.88 Å². The Balaban J connectivity index is 2.39. The zero-order valence-electron chi connectivity index (χ0n) is 7.80. The highest BCUT2D eigenvalue weighted by Gasteiger charge is 2.41. The van der Waals surface area contributed by atoms with E-state index in [9.17, 15) is 5.11 Å². The fourth-order valence-corrected chi connectivity index (χ4v) is 2.85. The van der Waals surface area contributed by atoms with Crippen LogP contribution in [0, 0.1) is 0 Å². The highest BCUT2D eigenvalue weighted by atomic mass is 32.2. The van der Waals surface area contributed by atoms with Crippen LogP contribution in [0.15, 0.2) is 30.3 Å². The molecule has 1 aromatic carbocycles. The minimum atomic E-state index is -0.928. The molecule has 1 unspecified atom stereocenters. The number of aliphatic hydroxyl groups is 1. The van der Waals surface area contributed by atoms with Gasteiger partial charge in [0, 0.05) is 12.6 Å². The highest BCUT2D eigenvalue weighted by Crippen LogP contribution is 2.37. The van der Waals surface area contributed by atoms with E-state index in [1.165, 1.54) is 11.8 Å². The van der Waals surface area contributed by atoms with Gasteiger partial charge in [-0.2, -0.15) is 0 Å². The van der Waals surface area contributed by atoms with Crippen LogP contribution in [-0.2, 0) is 5.72 Å². The van der Waals surface area contributed by atoms with Crippen LogP contribution in [0.3, 0.4) is 0 Å². The van der Waals surface area contributed by atoms with Crippen molar-refractivity contribution in [2.45, 2.75) is 5.72 Å². The lowest BCUT2D eigenvalue weighted by Crippen LogP contribution is -2.41. The van der Waals surface area contributed by atoms with Gasteiger partial charge in [0.25, 0.3) is 0 Å². The van der Waals surface area contributed by atoms with Gasteiger partial charge in [0.1, 0.15) is 4.32 Å². The summed E-state index contributed by atoms with van der Waals surface area (Å²) >= 11 is 6.63. The number of nitrogens with zero attached hydrogens (tertiary/aromatic N) is 1. The second-order valence-corrected chi connectivity index (χ2v) is 4.91. The fourth-order valence-electron chi connectivity index (χ4n) is 1.49. The van der Waals surface area contributed by atoms with E-state index in [-0.39, 0.29) is 0 Å². The molecule has 0 aliphatic carbocycles. The molecule has 0 aromatic heterocycles. The lowest BCUT2D eigenvalue weighted by molar-refractivity contribution is -0.0336. The van der Waals surface area contributed by atoms with Crippen molar-refractivity contribution in [2.24, 2.45) is 0 Å². The molecule has 1 fully saturated rings. The molecule has 1 heterocycles. The molecule has 0 radical (unpaired) electrons. The highest BCUT2D eigenvalue weighted by molar-refractivity contribution is 8.23.